The Morgan fingerprint density at radius 1 is 1.25 bits per heavy atom. The van der Waals surface area contributed by atoms with Crippen LogP contribution in [0.4, 0.5) is 0 Å². The lowest BCUT2D eigenvalue weighted by Gasteiger charge is -2.17. The molecular formula is C13H19NO2. The molecule has 0 saturated carbocycles. The molecule has 0 radical (unpaired) electrons. The standard InChI is InChI=1S/C13H19NO2/c1-9-7-11(14-8-9)10-5-4-6-12(15-2)13(10)16-3/h4-6,9,11,14H,7-8H2,1-3H3/t9-,11-/m0/s1. The molecule has 1 aliphatic rings. The van der Waals surface area contributed by atoms with Crippen molar-refractivity contribution in [2.75, 3.05) is 20.8 Å². The first-order valence-corrected chi connectivity index (χ1v) is 5.70. The fourth-order valence-electron chi connectivity index (χ4n) is 2.34. The highest BCUT2D eigenvalue weighted by molar-refractivity contribution is 5.48. The molecule has 1 fully saturated rings. The number of hydrogen-bond donors (Lipinski definition) is 1. The second kappa shape index (κ2) is 4.74. The molecule has 16 heavy (non-hydrogen) atoms. The number of methoxy groups -OCH3 is 2. The first-order valence-electron chi connectivity index (χ1n) is 5.70. The minimum Gasteiger partial charge on any atom is -0.493 e. The summed E-state index contributed by atoms with van der Waals surface area (Å²) in [5.74, 6) is 2.39. The highest BCUT2D eigenvalue weighted by Crippen LogP contribution is 2.38. The SMILES string of the molecule is COc1cccc([C@@H]2C[C@H](C)CN2)c1OC. The van der Waals surface area contributed by atoms with E-state index in [1.54, 1.807) is 14.2 Å². The number of nitrogens with one attached hydrogen (secondary N) is 1. The van der Waals surface area contributed by atoms with Gasteiger partial charge in [0.25, 0.3) is 0 Å². The normalized spacial score (nSPS) is 24.4. The van der Waals surface area contributed by atoms with Crippen LogP contribution in [-0.2, 0) is 0 Å². The molecule has 2 rings (SSSR count). The van der Waals surface area contributed by atoms with Crippen LogP contribution in [0, 0.1) is 5.92 Å². The molecule has 0 aromatic heterocycles. The van der Waals surface area contributed by atoms with E-state index in [4.69, 9.17) is 9.47 Å². The lowest BCUT2D eigenvalue weighted by Crippen LogP contribution is -2.14. The van der Waals surface area contributed by atoms with Gasteiger partial charge >= 0.3 is 0 Å². The van der Waals surface area contributed by atoms with Gasteiger partial charge < -0.3 is 14.8 Å². The first kappa shape index (κ1) is 11.3. The lowest BCUT2D eigenvalue weighted by atomic mass is 10.00. The van der Waals surface area contributed by atoms with Crippen LogP contribution in [0.15, 0.2) is 18.2 Å². The van der Waals surface area contributed by atoms with Crippen LogP contribution in [0.25, 0.3) is 0 Å². The largest absolute Gasteiger partial charge is 0.493 e. The van der Waals surface area contributed by atoms with Gasteiger partial charge in [0.15, 0.2) is 11.5 Å². The second-order valence-corrected chi connectivity index (χ2v) is 4.38. The highest BCUT2D eigenvalue weighted by Gasteiger charge is 2.25. The summed E-state index contributed by atoms with van der Waals surface area (Å²) in [5, 5.41) is 3.51. The van der Waals surface area contributed by atoms with Gasteiger partial charge in [0, 0.05) is 11.6 Å². The Labute approximate surface area is 96.8 Å². The second-order valence-electron chi connectivity index (χ2n) is 4.38. The maximum absolute atomic E-state index is 5.45. The number of benzene rings is 1. The van der Waals surface area contributed by atoms with E-state index >= 15 is 0 Å². The summed E-state index contributed by atoms with van der Waals surface area (Å²) in [4.78, 5) is 0. The average molecular weight is 221 g/mol. The Morgan fingerprint density at radius 3 is 2.62 bits per heavy atom. The molecule has 0 unspecified atom stereocenters. The number of ether oxygens (including phenoxy) is 2. The van der Waals surface area contributed by atoms with Gasteiger partial charge in [-0.25, -0.2) is 0 Å². The molecule has 1 aliphatic heterocycles. The minimum absolute atomic E-state index is 0.389. The molecule has 88 valence electrons. The summed E-state index contributed by atoms with van der Waals surface area (Å²) >= 11 is 0. The highest BCUT2D eigenvalue weighted by atomic mass is 16.5. The van der Waals surface area contributed by atoms with E-state index in [9.17, 15) is 0 Å². The maximum Gasteiger partial charge on any atom is 0.165 e. The van der Waals surface area contributed by atoms with Gasteiger partial charge in [0.2, 0.25) is 0 Å². The fraction of sp³-hybridized carbons (Fsp3) is 0.538. The number of hydrogen-bond acceptors (Lipinski definition) is 3. The molecule has 2 atom stereocenters. The van der Waals surface area contributed by atoms with Gasteiger partial charge in [-0.05, 0) is 24.9 Å². The Bertz CT molecular complexity index is 365. The van der Waals surface area contributed by atoms with E-state index in [0.29, 0.717) is 6.04 Å². The Kier molecular flexibility index (Phi) is 3.34. The van der Waals surface area contributed by atoms with Crippen LogP contribution in [0.2, 0.25) is 0 Å². The predicted octanol–water partition coefficient (Wildman–Crippen LogP) is 2.37. The van der Waals surface area contributed by atoms with E-state index in [1.807, 2.05) is 12.1 Å². The average Bonchev–Trinajstić information content (AvgIpc) is 2.74. The van der Waals surface area contributed by atoms with Crippen molar-refractivity contribution in [2.45, 2.75) is 19.4 Å². The quantitative estimate of drug-likeness (QED) is 0.850. The molecule has 3 heteroatoms. The molecule has 1 aromatic carbocycles. The molecular weight excluding hydrogens is 202 g/mol. The summed E-state index contributed by atoms with van der Waals surface area (Å²) in [6, 6.07) is 6.44. The Hall–Kier alpha value is -1.22. The number of para-hydroxylation sites is 1. The van der Waals surface area contributed by atoms with Crippen molar-refractivity contribution < 1.29 is 9.47 Å². The van der Waals surface area contributed by atoms with Gasteiger partial charge in [-0.2, -0.15) is 0 Å². The smallest absolute Gasteiger partial charge is 0.165 e. The van der Waals surface area contributed by atoms with Crippen molar-refractivity contribution in [3.8, 4) is 11.5 Å². The molecule has 0 spiro atoms. The summed E-state index contributed by atoms with van der Waals surface area (Å²) in [6.07, 6.45) is 1.16. The predicted molar refractivity (Wildman–Crippen MR) is 64.1 cm³/mol. The zero-order valence-electron chi connectivity index (χ0n) is 10.1. The third kappa shape index (κ3) is 2.00. The summed E-state index contributed by atoms with van der Waals surface area (Å²) in [6.45, 7) is 3.34. The summed E-state index contributed by atoms with van der Waals surface area (Å²) in [5.41, 5.74) is 1.20. The Balaban J connectivity index is 2.32. The molecule has 0 aliphatic carbocycles. The zero-order valence-corrected chi connectivity index (χ0v) is 10.1. The van der Waals surface area contributed by atoms with Crippen molar-refractivity contribution in [3.63, 3.8) is 0 Å². The van der Waals surface area contributed by atoms with Gasteiger partial charge in [0.1, 0.15) is 0 Å². The van der Waals surface area contributed by atoms with Gasteiger partial charge in [-0.3, -0.25) is 0 Å². The zero-order chi connectivity index (χ0) is 11.5. The molecule has 1 N–H and O–H groups in total. The number of rotatable bonds is 3. The maximum atomic E-state index is 5.45. The van der Waals surface area contributed by atoms with Crippen LogP contribution in [0.5, 0.6) is 11.5 Å². The van der Waals surface area contributed by atoms with Crippen molar-refractivity contribution in [2.24, 2.45) is 5.92 Å². The first-order chi connectivity index (χ1) is 7.76. The molecule has 3 nitrogen and oxygen atoms in total. The van der Waals surface area contributed by atoms with Crippen molar-refractivity contribution in [1.82, 2.24) is 5.32 Å². The summed E-state index contributed by atoms with van der Waals surface area (Å²) in [7, 11) is 3.37. The monoisotopic (exact) mass is 221 g/mol. The van der Waals surface area contributed by atoms with E-state index in [1.165, 1.54) is 5.56 Å². The van der Waals surface area contributed by atoms with Crippen LogP contribution in [0.1, 0.15) is 24.9 Å². The minimum atomic E-state index is 0.389. The van der Waals surface area contributed by atoms with Gasteiger partial charge in [0.05, 0.1) is 14.2 Å². The molecule has 1 saturated heterocycles. The molecule has 0 amide bonds. The van der Waals surface area contributed by atoms with Crippen LogP contribution in [-0.4, -0.2) is 20.8 Å². The third-order valence-electron chi connectivity index (χ3n) is 3.16. The van der Waals surface area contributed by atoms with Gasteiger partial charge in [-0.15, -0.1) is 0 Å². The van der Waals surface area contributed by atoms with Crippen molar-refractivity contribution in [1.29, 1.82) is 0 Å². The fourth-order valence-corrected chi connectivity index (χ4v) is 2.34. The molecule has 1 aromatic rings. The van der Waals surface area contributed by atoms with Crippen molar-refractivity contribution >= 4 is 0 Å². The molecule has 0 bridgehead atoms. The van der Waals surface area contributed by atoms with E-state index in [-0.39, 0.29) is 0 Å². The van der Waals surface area contributed by atoms with Crippen LogP contribution in [0.3, 0.4) is 0 Å². The lowest BCUT2D eigenvalue weighted by molar-refractivity contribution is 0.348. The van der Waals surface area contributed by atoms with Crippen LogP contribution >= 0.6 is 0 Å². The van der Waals surface area contributed by atoms with Crippen molar-refractivity contribution in [3.05, 3.63) is 23.8 Å². The molecule has 1 heterocycles. The van der Waals surface area contributed by atoms with Gasteiger partial charge in [-0.1, -0.05) is 19.1 Å². The summed E-state index contributed by atoms with van der Waals surface area (Å²) < 4.78 is 10.8. The van der Waals surface area contributed by atoms with E-state index in [2.05, 4.69) is 18.3 Å². The Morgan fingerprint density at radius 2 is 2.06 bits per heavy atom. The van der Waals surface area contributed by atoms with Crippen LogP contribution < -0.4 is 14.8 Å². The van der Waals surface area contributed by atoms with E-state index in [0.717, 1.165) is 30.4 Å². The topological polar surface area (TPSA) is 30.5 Å². The third-order valence-corrected chi connectivity index (χ3v) is 3.16. The van der Waals surface area contributed by atoms with E-state index < -0.39 is 0 Å².